The SMILES string of the molecule is Cc1c(N)ncnc1NCc1ccco1. The standard InChI is InChI=1S/C10H12N4O/c1-7-9(11)13-6-14-10(7)12-5-8-3-2-4-15-8/h2-4,6H,5H2,1H3,(H3,11,12,13,14). The van der Waals surface area contributed by atoms with E-state index in [0.29, 0.717) is 12.4 Å². The molecule has 0 atom stereocenters. The third-order valence-electron chi connectivity index (χ3n) is 2.13. The number of furan rings is 1. The van der Waals surface area contributed by atoms with Gasteiger partial charge in [0.25, 0.3) is 0 Å². The van der Waals surface area contributed by atoms with Gasteiger partial charge in [-0.3, -0.25) is 0 Å². The first-order chi connectivity index (χ1) is 7.27. The van der Waals surface area contributed by atoms with E-state index in [1.165, 1.54) is 6.33 Å². The third kappa shape index (κ3) is 2.07. The third-order valence-corrected chi connectivity index (χ3v) is 2.13. The molecule has 0 bridgehead atoms. The van der Waals surface area contributed by atoms with Crippen LogP contribution in [0.15, 0.2) is 29.1 Å². The Labute approximate surface area is 87.3 Å². The highest BCUT2D eigenvalue weighted by Gasteiger charge is 2.03. The second-order valence-corrected chi connectivity index (χ2v) is 3.17. The largest absolute Gasteiger partial charge is 0.467 e. The number of aromatic nitrogens is 2. The van der Waals surface area contributed by atoms with E-state index >= 15 is 0 Å². The van der Waals surface area contributed by atoms with Crippen molar-refractivity contribution in [2.24, 2.45) is 0 Å². The van der Waals surface area contributed by atoms with Gasteiger partial charge in [0, 0.05) is 5.56 Å². The van der Waals surface area contributed by atoms with Crippen molar-refractivity contribution in [3.8, 4) is 0 Å². The van der Waals surface area contributed by atoms with Gasteiger partial charge in [0.05, 0.1) is 12.8 Å². The molecule has 15 heavy (non-hydrogen) atoms. The van der Waals surface area contributed by atoms with Crippen LogP contribution < -0.4 is 11.1 Å². The Kier molecular flexibility index (Phi) is 2.53. The second-order valence-electron chi connectivity index (χ2n) is 3.17. The normalized spacial score (nSPS) is 10.2. The summed E-state index contributed by atoms with van der Waals surface area (Å²) in [5.41, 5.74) is 6.51. The molecule has 2 aromatic rings. The molecule has 0 fully saturated rings. The monoisotopic (exact) mass is 204 g/mol. The summed E-state index contributed by atoms with van der Waals surface area (Å²) in [6, 6.07) is 3.74. The van der Waals surface area contributed by atoms with Gasteiger partial charge in [-0.15, -0.1) is 0 Å². The number of rotatable bonds is 3. The van der Waals surface area contributed by atoms with E-state index in [9.17, 15) is 0 Å². The lowest BCUT2D eigenvalue weighted by Gasteiger charge is -2.07. The summed E-state index contributed by atoms with van der Waals surface area (Å²) in [5, 5.41) is 3.13. The van der Waals surface area contributed by atoms with E-state index in [4.69, 9.17) is 10.2 Å². The van der Waals surface area contributed by atoms with E-state index in [0.717, 1.165) is 17.1 Å². The summed E-state index contributed by atoms with van der Waals surface area (Å²) in [6.45, 7) is 2.46. The predicted molar refractivity (Wildman–Crippen MR) is 57.2 cm³/mol. The van der Waals surface area contributed by atoms with Crippen LogP contribution in [0, 0.1) is 6.92 Å². The Hall–Kier alpha value is -2.04. The number of hydrogen-bond donors (Lipinski definition) is 2. The van der Waals surface area contributed by atoms with Crippen LogP contribution in [0.5, 0.6) is 0 Å². The van der Waals surface area contributed by atoms with Crippen molar-refractivity contribution in [1.82, 2.24) is 9.97 Å². The van der Waals surface area contributed by atoms with E-state index < -0.39 is 0 Å². The molecule has 78 valence electrons. The minimum atomic E-state index is 0.493. The summed E-state index contributed by atoms with van der Waals surface area (Å²) >= 11 is 0. The fourth-order valence-corrected chi connectivity index (χ4v) is 1.23. The van der Waals surface area contributed by atoms with E-state index in [1.54, 1.807) is 6.26 Å². The zero-order valence-corrected chi connectivity index (χ0v) is 8.40. The van der Waals surface area contributed by atoms with Gasteiger partial charge >= 0.3 is 0 Å². The molecular weight excluding hydrogens is 192 g/mol. The highest BCUT2D eigenvalue weighted by Crippen LogP contribution is 2.15. The van der Waals surface area contributed by atoms with Gasteiger partial charge in [0.2, 0.25) is 0 Å². The number of nitrogens with one attached hydrogen (secondary N) is 1. The van der Waals surface area contributed by atoms with E-state index in [-0.39, 0.29) is 0 Å². The van der Waals surface area contributed by atoms with Gasteiger partial charge in [0.15, 0.2) is 0 Å². The van der Waals surface area contributed by atoms with Gasteiger partial charge in [-0.2, -0.15) is 0 Å². The first-order valence-electron chi connectivity index (χ1n) is 4.60. The van der Waals surface area contributed by atoms with Crippen molar-refractivity contribution in [3.05, 3.63) is 36.0 Å². The lowest BCUT2D eigenvalue weighted by Crippen LogP contribution is -2.05. The summed E-state index contributed by atoms with van der Waals surface area (Å²) in [4.78, 5) is 7.98. The van der Waals surface area contributed by atoms with Crippen molar-refractivity contribution < 1.29 is 4.42 Å². The van der Waals surface area contributed by atoms with Crippen LogP contribution in [0.25, 0.3) is 0 Å². The molecular formula is C10H12N4O. The molecule has 0 saturated heterocycles. The van der Waals surface area contributed by atoms with Crippen LogP contribution in [0.2, 0.25) is 0 Å². The van der Waals surface area contributed by atoms with Crippen LogP contribution in [0.4, 0.5) is 11.6 Å². The smallest absolute Gasteiger partial charge is 0.134 e. The Morgan fingerprint density at radius 2 is 2.33 bits per heavy atom. The molecule has 0 aliphatic heterocycles. The van der Waals surface area contributed by atoms with Crippen molar-refractivity contribution in [1.29, 1.82) is 0 Å². The van der Waals surface area contributed by atoms with Crippen LogP contribution in [-0.4, -0.2) is 9.97 Å². The number of nitrogens with zero attached hydrogens (tertiary/aromatic N) is 2. The van der Waals surface area contributed by atoms with Crippen LogP contribution in [0.3, 0.4) is 0 Å². The molecule has 0 aliphatic rings. The molecule has 2 rings (SSSR count). The molecule has 2 heterocycles. The topological polar surface area (TPSA) is 77.0 Å². The summed E-state index contributed by atoms with van der Waals surface area (Å²) in [7, 11) is 0. The summed E-state index contributed by atoms with van der Waals surface area (Å²) in [5.74, 6) is 2.08. The zero-order chi connectivity index (χ0) is 10.7. The first kappa shape index (κ1) is 9.51. The molecule has 3 N–H and O–H groups in total. The number of nitrogen functional groups attached to an aromatic ring is 1. The number of anilines is 2. The van der Waals surface area contributed by atoms with E-state index in [1.807, 2.05) is 19.1 Å². The molecule has 0 amide bonds. The van der Waals surface area contributed by atoms with Gasteiger partial charge in [-0.1, -0.05) is 0 Å². The molecule has 0 aliphatic carbocycles. The maximum Gasteiger partial charge on any atom is 0.134 e. The fourth-order valence-electron chi connectivity index (χ4n) is 1.23. The highest BCUT2D eigenvalue weighted by atomic mass is 16.3. The lowest BCUT2D eigenvalue weighted by atomic mass is 10.3. The van der Waals surface area contributed by atoms with Crippen molar-refractivity contribution >= 4 is 11.6 Å². The Morgan fingerprint density at radius 1 is 1.47 bits per heavy atom. The van der Waals surface area contributed by atoms with Gasteiger partial charge in [0.1, 0.15) is 23.7 Å². The second kappa shape index (κ2) is 4.00. The number of nitrogens with two attached hydrogens (primary N) is 1. The van der Waals surface area contributed by atoms with Gasteiger partial charge in [-0.25, -0.2) is 9.97 Å². The van der Waals surface area contributed by atoms with Crippen LogP contribution >= 0.6 is 0 Å². The molecule has 0 aromatic carbocycles. The Bertz CT molecular complexity index is 439. The highest BCUT2D eigenvalue weighted by molar-refractivity contribution is 5.53. The van der Waals surface area contributed by atoms with Crippen LogP contribution in [-0.2, 0) is 6.54 Å². The van der Waals surface area contributed by atoms with Crippen molar-refractivity contribution in [3.63, 3.8) is 0 Å². The molecule has 0 radical (unpaired) electrons. The maximum absolute atomic E-state index is 5.66. The van der Waals surface area contributed by atoms with Crippen molar-refractivity contribution in [2.45, 2.75) is 13.5 Å². The fraction of sp³-hybridized carbons (Fsp3) is 0.200. The zero-order valence-electron chi connectivity index (χ0n) is 8.40. The molecule has 2 aromatic heterocycles. The van der Waals surface area contributed by atoms with Crippen molar-refractivity contribution in [2.75, 3.05) is 11.1 Å². The molecule has 0 spiro atoms. The number of hydrogen-bond acceptors (Lipinski definition) is 5. The average molecular weight is 204 g/mol. The lowest BCUT2D eigenvalue weighted by molar-refractivity contribution is 0.517. The average Bonchev–Trinajstić information content (AvgIpc) is 2.73. The first-order valence-corrected chi connectivity index (χ1v) is 4.60. The maximum atomic E-state index is 5.66. The van der Waals surface area contributed by atoms with Crippen LogP contribution in [0.1, 0.15) is 11.3 Å². The molecule has 0 unspecified atom stereocenters. The minimum Gasteiger partial charge on any atom is -0.467 e. The molecule has 5 heteroatoms. The summed E-state index contributed by atoms with van der Waals surface area (Å²) < 4.78 is 5.19. The minimum absolute atomic E-state index is 0.493. The predicted octanol–water partition coefficient (Wildman–Crippen LogP) is 1.57. The van der Waals surface area contributed by atoms with Gasteiger partial charge in [-0.05, 0) is 19.1 Å². The molecule has 5 nitrogen and oxygen atoms in total. The van der Waals surface area contributed by atoms with E-state index in [2.05, 4.69) is 15.3 Å². The Balaban J connectivity index is 2.08. The summed E-state index contributed by atoms with van der Waals surface area (Å²) in [6.07, 6.45) is 3.07. The molecule has 0 saturated carbocycles. The quantitative estimate of drug-likeness (QED) is 0.793. The Morgan fingerprint density at radius 3 is 3.07 bits per heavy atom. The van der Waals surface area contributed by atoms with Gasteiger partial charge < -0.3 is 15.5 Å².